The number of hydrogen-bond acceptors (Lipinski definition) is 3. The van der Waals surface area contributed by atoms with Gasteiger partial charge in [0.15, 0.2) is 0 Å². The third-order valence-corrected chi connectivity index (χ3v) is 3.39. The van der Waals surface area contributed by atoms with Crippen molar-refractivity contribution in [2.24, 2.45) is 0 Å². The van der Waals surface area contributed by atoms with Gasteiger partial charge in [-0.05, 0) is 42.2 Å². The van der Waals surface area contributed by atoms with Crippen LogP contribution >= 0.6 is 11.3 Å². The average Bonchev–Trinajstić information content (AvgIpc) is 2.72. The van der Waals surface area contributed by atoms with Crippen molar-refractivity contribution in [3.63, 3.8) is 0 Å². The molecule has 3 heteroatoms. The summed E-state index contributed by atoms with van der Waals surface area (Å²) in [6.07, 6.45) is 2.43. The Bertz CT molecular complexity index is 254. The summed E-state index contributed by atoms with van der Waals surface area (Å²) < 4.78 is 5.44. The lowest BCUT2D eigenvalue weighted by Gasteiger charge is -2.26. The maximum Gasteiger partial charge on any atom is 0.0619 e. The van der Waals surface area contributed by atoms with E-state index in [0.29, 0.717) is 12.1 Å². The van der Waals surface area contributed by atoms with E-state index >= 15 is 0 Å². The quantitative estimate of drug-likeness (QED) is 0.829. The van der Waals surface area contributed by atoms with Crippen LogP contribution in [0.1, 0.15) is 31.4 Å². The summed E-state index contributed by atoms with van der Waals surface area (Å²) in [7, 11) is 0. The van der Waals surface area contributed by atoms with Crippen LogP contribution in [0.2, 0.25) is 0 Å². The number of nitrogens with one attached hydrogen (secondary N) is 1. The molecule has 1 aliphatic heterocycles. The molecule has 0 aliphatic carbocycles. The predicted molar refractivity (Wildman–Crippen MR) is 59.7 cm³/mol. The molecule has 14 heavy (non-hydrogen) atoms. The Kier molecular flexibility index (Phi) is 3.56. The van der Waals surface area contributed by atoms with Crippen LogP contribution in [0.25, 0.3) is 0 Å². The molecule has 2 nitrogen and oxygen atoms in total. The zero-order chi connectivity index (χ0) is 9.80. The second-order valence-electron chi connectivity index (χ2n) is 3.86. The largest absolute Gasteiger partial charge is 0.380 e. The summed E-state index contributed by atoms with van der Waals surface area (Å²) in [5, 5.41) is 7.94. The predicted octanol–water partition coefficient (Wildman–Crippen LogP) is 2.58. The molecule has 2 rings (SSSR count). The monoisotopic (exact) mass is 211 g/mol. The highest BCUT2D eigenvalue weighted by Gasteiger charge is 2.16. The number of thiophene rings is 1. The van der Waals surface area contributed by atoms with Gasteiger partial charge >= 0.3 is 0 Å². The highest BCUT2D eigenvalue weighted by Crippen LogP contribution is 2.18. The van der Waals surface area contributed by atoms with Crippen molar-refractivity contribution in [1.82, 2.24) is 5.32 Å². The lowest BCUT2D eigenvalue weighted by Crippen LogP contribution is -2.38. The molecule has 0 aromatic carbocycles. The van der Waals surface area contributed by atoms with E-state index in [0.717, 1.165) is 13.2 Å². The number of rotatable bonds is 3. The van der Waals surface area contributed by atoms with Crippen molar-refractivity contribution in [3.05, 3.63) is 22.4 Å². The fraction of sp³-hybridized carbons (Fsp3) is 0.636. The topological polar surface area (TPSA) is 21.3 Å². The molecule has 1 saturated heterocycles. The van der Waals surface area contributed by atoms with Gasteiger partial charge in [0.25, 0.3) is 0 Å². The van der Waals surface area contributed by atoms with Crippen LogP contribution < -0.4 is 5.32 Å². The van der Waals surface area contributed by atoms with E-state index in [4.69, 9.17) is 4.74 Å². The van der Waals surface area contributed by atoms with Crippen molar-refractivity contribution >= 4 is 11.3 Å². The summed E-state index contributed by atoms with van der Waals surface area (Å²) in [5.74, 6) is 0. The molecule has 2 unspecified atom stereocenters. The highest BCUT2D eigenvalue weighted by atomic mass is 32.1. The molecule has 0 bridgehead atoms. The third kappa shape index (κ3) is 2.56. The van der Waals surface area contributed by atoms with Gasteiger partial charge < -0.3 is 10.1 Å². The van der Waals surface area contributed by atoms with Crippen LogP contribution in [-0.4, -0.2) is 19.3 Å². The summed E-state index contributed by atoms with van der Waals surface area (Å²) in [6, 6.07) is 3.18. The molecule has 1 aromatic rings. The van der Waals surface area contributed by atoms with E-state index in [1.807, 2.05) is 0 Å². The van der Waals surface area contributed by atoms with E-state index < -0.39 is 0 Å². The standard InChI is InChI=1S/C11H17NOS/c1-9(10-4-6-14-8-10)12-11-3-2-5-13-7-11/h4,6,8-9,11-12H,2-3,5,7H2,1H3. The molecule has 78 valence electrons. The van der Waals surface area contributed by atoms with Gasteiger partial charge in [-0.25, -0.2) is 0 Å². The summed E-state index contributed by atoms with van der Waals surface area (Å²) in [5.41, 5.74) is 1.39. The lowest BCUT2D eigenvalue weighted by atomic mass is 10.1. The molecule has 0 saturated carbocycles. The van der Waals surface area contributed by atoms with Gasteiger partial charge in [0.2, 0.25) is 0 Å². The van der Waals surface area contributed by atoms with Gasteiger partial charge in [0.1, 0.15) is 0 Å². The van der Waals surface area contributed by atoms with Crippen LogP contribution in [0, 0.1) is 0 Å². The SMILES string of the molecule is CC(NC1CCCOC1)c1ccsc1. The lowest BCUT2D eigenvalue weighted by molar-refractivity contribution is 0.0671. The summed E-state index contributed by atoms with van der Waals surface area (Å²) in [6.45, 7) is 4.02. The van der Waals surface area contributed by atoms with Crippen LogP contribution in [0.4, 0.5) is 0 Å². The molecule has 1 N–H and O–H groups in total. The van der Waals surface area contributed by atoms with Crippen LogP contribution in [0.3, 0.4) is 0 Å². The minimum Gasteiger partial charge on any atom is -0.380 e. The van der Waals surface area contributed by atoms with Gasteiger partial charge in [-0.1, -0.05) is 0 Å². The number of ether oxygens (including phenoxy) is 1. The second kappa shape index (κ2) is 4.91. The number of hydrogen-bond donors (Lipinski definition) is 1. The molecule has 1 aromatic heterocycles. The van der Waals surface area contributed by atoms with Gasteiger partial charge in [0.05, 0.1) is 6.61 Å². The fourth-order valence-electron chi connectivity index (χ4n) is 1.84. The smallest absolute Gasteiger partial charge is 0.0619 e. The Labute approximate surface area is 89.3 Å². The first-order chi connectivity index (χ1) is 6.86. The van der Waals surface area contributed by atoms with Gasteiger partial charge in [-0.2, -0.15) is 11.3 Å². The molecule has 0 radical (unpaired) electrons. The minimum atomic E-state index is 0.452. The van der Waals surface area contributed by atoms with E-state index in [-0.39, 0.29) is 0 Å². The maximum atomic E-state index is 5.44. The van der Waals surface area contributed by atoms with Crippen molar-refractivity contribution in [2.45, 2.75) is 31.8 Å². The Balaban J connectivity index is 1.84. The van der Waals surface area contributed by atoms with Crippen molar-refractivity contribution in [3.8, 4) is 0 Å². The van der Waals surface area contributed by atoms with E-state index in [1.165, 1.54) is 18.4 Å². The first-order valence-electron chi connectivity index (χ1n) is 5.22. The first kappa shape index (κ1) is 10.1. The van der Waals surface area contributed by atoms with E-state index in [1.54, 1.807) is 11.3 Å². The van der Waals surface area contributed by atoms with E-state index in [9.17, 15) is 0 Å². The Morgan fingerprint density at radius 2 is 2.57 bits per heavy atom. The zero-order valence-electron chi connectivity index (χ0n) is 8.53. The molecule has 1 fully saturated rings. The Morgan fingerprint density at radius 3 is 3.21 bits per heavy atom. The van der Waals surface area contributed by atoms with Crippen molar-refractivity contribution in [1.29, 1.82) is 0 Å². The normalized spacial score (nSPS) is 24.8. The van der Waals surface area contributed by atoms with E-state index in [2.05, 4.69) is 29.1 Å². The summed E-state index contributed by atoms with van der Waals surface area (Å²) in [4.78, 5) is 0. The molecular formula is C11H17NOS. The van der Waals surface area contributed by atoms with Gasteiger partial charge in [-0.3, -0.25) is 0 Å². The minimum absolute atomic E-state index is 0.452. The zero-order valence-corrected chi connectivity index (χ0v) is 9.35. The Hall–Kier alpha value is -0.380. The molecule has 1 aliphatic rings. The van der Waals surface area contributed by atoms with Crippen LogP contribution in [0.5, 0.6) is 0 Å². The van der Waals surface area contributed by atoms with Crippen LogP contribution in [0.15, 0.2) is 16.8 Å². The van der Waals surface area contributed by atoms with Crippen molar-refractivity contribution < 1.29 is 4.74 Å². The molecule has 2 heterocycles. The molecule has 0 amide bonds. The second-order valence-corrected chi connectivity index (χ2v) is 4.64. The summed E-state index contributed by atoms with van der Waals surface area (Å²) >= 11 is 1.76. The fourth-order valence-corrected chi connectivity index (χ4v) is 2.60. The Morgan fingerprint density at radius 1 is 1.64 bits per heavy atom. The van der Waals surface area contributed by atoms with Gasteiger partial charge in [0, 0.05) is 18.7 Å². The molecular weight excluding hydrogens is 194 g/mol. The average molecular weight is 211 g/mol. The highest BCUT2D eigenvalue weighted by molar-refractivity contribution is 7.07. The third-order valence-electron chi connectivity index (χ3n) is 2.69. The maximum absolute atomic E-state index is 5.44. The molecule has 0 spiro atoms. The van der Waals surface area contributed by atoms with Gasteiger partial charge in [-0.15, -0.1) is 0 Å². The van der Waals surface area contributed by atoms with Crippen LogP contribution in [-0.2, 0) is 4.74 Å². The van der Waals surface area contributed by atoms with Crippen molar-refractivity contribution in [2.75, 3.05) is 13.2 Å². The first-order valence-corrected chi connectivity index (χ1v) is 6.16. The molecule has 2 atom stereocenters.